The van der Waals surface area contributed by atoms with Crippen LogP contribution < -0.4 is 9.46 Å². The van der Waals surface area contributed by atoms with Gasteiger partial charge in [-0.1, -0.05) is 6.92 Å². The van der Waals surface area contributed by atoms with E-state index in [9.17, 15) is 39.6 Å². The minimum Gasteiger partial charge on any atom is -0.491 e. The first kappa shape index (κ1) is 31.0. The number of alkyl halides is 6. The maximum atomic E-state index is 13.1. The van der Waals surface area contributed by atoms with Crippen molar-refractivity contribution in [3.05, 3.63) is 23.8 Å². The SMILES string of the molecule is CO[C@H]1CN(C)C(=O)c2ccc(NS(=O)(=O)CC(F)(F)F)cc2OC[C@H](C)N(CCC(F)(F)F)C[C@@H]1C. The summed E-state index contributed by atoms with van der Waals surface area (Å²) in [6.07, 6.45) is -10.9. The van der Waals surface area contributed by atoms with Crippen LogP contribution in [0.2, 0.25) is 0 Å². The molecule has 37 heavy (non-hydrogen) atoms. The predicted octanol–water partition coefficient (Wildman–Crippen LogP) is 3.75. The zero-order valence-electron chi connectivity index (χ0n) is 20.8. The van der Waals surface area contributed by atoms with E-state index in [-0.39, 0.29) is 49.2 Å². The molecule has 1 aliphatic heterocycles. The van der Waals surface area contributed by atoms with E-state index in [0.717, 1.165) is 12.1 Å². The number of nitrogens with zero attached hydrogens (tertiary/aromatic N) is 2. The first-order valence-electron chi connectivity index (χ1n) is 11.3. The highest BCUT2D eigenvalue weighted by Gasteiger charge is 2.36. The molecular formula is C22H31F6N3O5S. The lowest BCUT2D eigenvalue weighted by atomic mass is 10.0. The summed E-state index contributed by atoms with van der Waals surface area (Å²) in [5, 5.41) is 0. The number of likely N-dealkylation sites (N-methyl/N-ethyl adjacent to an activating group) is 1. The highest BCUT2D eigenvalue weighted by molar-refractivity contribution is 7.92. The van der Waals surface area contributed by atoms with Gasteiger partial charge in [-0.05, 0) is 25.0 Å². The van der Waals surface area contributed by atoms with Crippen molar-refractivity contribution in [2.45, 2.75) is 44.8 Å². The summed E-state index contributed by atoms with van der Waals surface area (Å²) in [5.74, 6) is -3.01. The van der Waals surface area contributed by atoms with Crippen molar-refractivity contribution in [1.29, 1.82) is 0 Å². The van der Waals surface area contributed by atoms with Gasteiger partial charge in [0.1, 0.15) is 12.4 Å². The molecule has 1 aromatic carbocycles. The molecule has 2 rings (SSSR count). The summed E-state index contributed by atoms with van der Waals surface area (Å²) >= 11 is 0. The zero-order valence-corrected chi connectivity index (χ0v) is 21.6. The molecule has 8 nitrogen and oxygen atoms in total. The number of carbonyl (C=O) groups is 1. The van der Waals surface area contributed by atoms with Crippen molar-refractivity contribution in [3.8, 4) is 5.75 Å². The summed E-state index contributed by atoms with van der Waals surface area (Å²) in [7, 11) is -1.88. The van der Waals surface area contributed by atoms with Crippen LogP contribution in [-0.2, 0) is 14.8 Å². The van der Waals surface area contributed by atoms with E-state index < -0.39 is 52.6 Å². The number of hydrogen-bond donors (Lipinski definition) is 1. The van der Waals surface area contributed by atoms with Crippen molar-refractivity contribution in [1.82, 2.24) is 9.80 Å². The highest BCUT2D eigenvalue weighted by Crippen LogP contribution is 2.29. The molecule has 15 heteroatoms. The van der Waals surface area contributed by atoms with Crippen LogP contribution in [0.4, 0.5) is 32.0 Å². The van der Waals surface area contributed by atoms with Gasteiger partial charge >= 0.3 is 12.4 Å². The maximum absolute atomic E-state index is 13.1. The van der Waals surface area contributed by atoms with Gasteiger partial charge in [0.2, 0.25) is 10.0 Å². The molecule has 212 valence electrons. The van der Waals surface area contributed by atoms with Crippen LogP contribution in [0.25, 0.3) is 0 Å². The van der Waals surface area contributed by atoms with Gasteiger partial charge in [-0.3, -0.25) is 14.4 Å². The van der Waals surface area contributed by atoms with Gasteiger partial charge in [0.05, 0.1) is 23.8 Å². The number of halogens is 6. The topological polar surface area (TPSA) is 88.2 Å². The van der Waals surface area contributed by atoms with Crippen LogP contribution in [0, 0.1) is 5.92 Å². The van der Waals surface area contributed by atoms with Gasteiger partial charge in [-0.2, -0.15) is 26.3 Å². The lowest BCUT2D eigenvalue weighted by molar-refractivity contribution is -0.140. The number of carbonyl (C=O) groups excluding carboxylic acids is 1. The number of methoxy groups -OCH3 is 1. The van der Waals surface area contributed by atoms with E-state index in [1.165, 1.54) is 25.1 Å². The van der Waals surface area contributed by atoms with E-state index in [1.807, 2.05) is 4.72 Å². The quantitative estimate of drug-likeness (QED) is 0.531. The van der Waals surface area contributed by atoms with Crippen LogP contribution >= 0.6 is 0 Å². The van der Waals surface area contributed by atoms with Gasteiger partial charge in [0, 0.05) is 45.9 Å². The second-order valence-electron chi connectivity index (χ2n) is 9.14. The van der Waals surface area contributed by atoms with Gasteiger partial charge in [-0.15, -0.1) is 0 Å². The summed E-state index contributed by atoms with van der Waals surface area (Å²) in [5.41, 5.74) is -0.270. The second kappa shape index (κ2) is 12.1. The van der Waals surface area contributed by atoms with Crippen molar-refractivity contribution in [3.63, 3.8) is 0 Å². The van der Waals surface area contributed by atoms with Crippen LogP contribution in [0.3, 0.4) is 0 Å². The number of sulfonamides is 1. The molecule has 1 amide bonds. The maximum Gasteiger partial charge on any atom is 0.404 e. The van der Waals surface area contributed by atoms with Crippen LogP contribution in [0.5, 0.6) is 5.75 Å². The molecule has 0 aromatic heterocycles. The van der Waals surface area contributed by atoms with Crippen LogP contribution in [0.1, 0.15) is 30.6 Å². The van der Waals surface area contributed by atoms with Crippen molar-refractivity contribution < 1.29 is 49.0 Å². The van der Waals surface area contributed by atoms with E-state index in [1.54, 1.807) is 18.7 Å². The molecule has 0 bridgehead atoms. The molecule has 3 atom stereocenters. The third-order valence-corrected chi connectivity index (χ3v) is 7.14. The van der Waals surface area contributed by atoms with E-state index >= 15 is 0 Å². The average molecular weight is 564 g/mol. The molecule has 0 unspecified atom stereocenters. The number of fused-ring (bicyclic) bond motifs is 1. The molecule has 0 aliphatic carbocycles. The van der Waals surface area contributed by atoms with Crippen molar-refractivity contribution >= 4 is 21.6 Å². The Morgan fingerprint density at radius 3 is 2.32 bits per heavy atom. The summed E-state index contributed by atoms with van der Waals surface area (Å²) < 4.78 is 113. The van der Waals surface area contributed by atoms with Gasteiger partial charge in [-0.25, -0.2) is 8.42 Å². The minimum atomic E-state index is -4.97. The number of nitrogens with one attached hydrogen (secondary N) is 1. The number of hydrogen-bond acceptors (Lipinski definition) is 6. The third kappa shape index (κ3) is 9.85. The van der Waals surface area contributed by atoms with E-state index in [0.29, 0.717) is 0 Å². The summed E-state index contributed by atoms with van der Waals surface area (Å²) in [4.78, 5) is 16.0. The molecule has 1 aliphatic rings. The number of rotatable bonds is 6. The minimum absolute atomic E-state index is 0.00149. The van der Waals surface area contributed by atoms with E-state index in [2.05, 4.69) is 0 Å². The Bertz CT molecular complexity index is 1030. The lowest BCUT2D eigenvalue weighted by Gasteiger charge is -2.36. The molecule has 1 heterocycles. The molecule has 0 radical (unpaired) electrons. The Morgan fingerprint density at radius 1 is 1.11 bits per heavy atom. The van der Waals surface area contributed by atoms with Crippen molar-refractivity contribution in [2.75, 3.05) is 50.9 Å². The first-order chi connectivity index (χ1) is 16.9. The van der Waals surface area contributed by atoms with Gasteiger partial charge in [0.25, 0.3) is 5.91 Å². The number of anilines is 1. The Labute approximate surface area is 211 Å². The first-order valence-corrected chi connectivity index (χ1v) is 13.0. The lowest BCUT2D eigenvalue weighted by Crippen LogP contribution is -2.47. The fourth-order valence-corrected chi connectivity index (χ4v) is 4.91. The van der Waals surface area contributed by atoms with E-state index in [4.69, 9.17) is 9.47 Å². The number of ether oxygens (including phenoxy) is 2. The Balaban J connectivity index is 2.42. The molecule has 0 saturated carbocycles. The monoisotopic (exact) mass is 563 g/mol. The molecule has 1 N–H and O–H groups in total. The Morgan fingerprint density at radius 2 is 1.76 bits per heavy atom. The Hall–Kier alpha value is -2.26. The number of amides is 1. The highest BCUT2D eigenvalue weighted by atomic mass is 32.2. The molecule has 0 saturated heterocycles. The molecule has 0 spiro atoms. The van der Waals surface area contributed by atoms with Crippen LogP contribution in [-0.4, -0.2) is 94.8 Å². The Kier molecular flexibility index (Phi) is 10.1. The summed E-state index contributed by atoms with van der Waals surface area (Å²) in [6.45, 7) is 3.27. The smallest absolute Gasteiger partial charge is 0.404 e. The van der Waals surface area contributed by atoms with Gasteiger partial charge < -0.3 is 14.4 Å². The largest absolute Gasteiger partial charge is 0.491 e. The fraction of sp³-hybridized carbons (Fsp3) is 0.682. The normalized spacial score (nSPS) is 23.0. The zero-order chi connectivity index (χ0) is 28.2. The molecule has 1 aromatic rings. The average Bonchev–Trinajstić information content (AvgIpc) is 2.74. The van der Waals surface area contributed by atoms with Gasteiger partial charge in [0.15, 0.2) is 5.75 Å². The van der Waals surface area contributed by atoms with Crippen LogP contribution in [0.15, 0.2) is 18.2 Å². The van der Waals surface area contributed by atoms with Crippen molar-refractivity contribution in [2.24, 2.45) is 5.92 Å². The number of benzene rings is 1. The second-order valence-corrected chi connectivity index (χ2v) is 10.9. The molecule has 0 fully saturated rings. The summed E-state index contributed by atoms with van der Waals surface area (Å²) in [6, 6.07) is 2.85. The fourth-order valence-electron chi connectivity index (χ4n) is 3.92. The molecular weight excluding hydrogens is 532 g/mol. The standard InChI is InChI=1S/C22H31F6N3O5S/c1-14-10-31(8-7-21(23,24)25)15(2)12-36-18-9-16(29-37(33,34)13-22(26,27)28)5-6-17(18)20(32)30(3)11-19(14)35-4/h5-6,9,14-15,19,29H,7-8,10-13H2,1-4H3/t14-,15-,19-/m0/s1. The predicted molar refractivity (Wildman–Crippen MR) is 124 cm³/mol. The third-order valence-electron chi connectivity index (χ3n) is 5.89.